The topological polar surface area (TPSA) is 87.8 Å². The number of hydrazone groups is 1. The number of benzene rings is 2. The smallest absolute Gasteiger partial charge is 0.416 e. The SMILES string of the molecule is C/C(=N\Nc1ccc(C(F)(F)F)cc1[N+](=O)[O-])c1cc(F)ccc1O. The zero-order valence-corrected chi connectivity index (χ0v) is 12.6. The van der Waals surface area contributed by atoms with Crippen LogP contribution in [0.3, 0.4) is 0 Å². The first-order valence-electron chi connectivity index (χ1n) is 6.74. The van der Waals surface area contributed by atoms with Crippen LogP contribution in [0.15, 0.2) is 41.5 Å². The number of halogens is 4. The van der Waals surface area contributed by atoms with E-state index in [0.29, 0.717) is 12.1 Å². The van der Waals surface area contributed by atoms with Gasteiger partial charge in [-0.1, -0.05) is 0 Å². The van der Waals surface area contributed by atoms with Crippen LogP contribution in [0.2, 0.25) is 0 Å². The van der Waals surface area contributed by atoms with Crippen LogP contribution in [0, 0.1) is 15.9 Å². The zero-order valence-electron chi connectivity index (χ0n) is 12.6. The maximum atomic E-state index is 13.2. The van der Waals surface area contributed by atoms with Gasteiger partial charge in [0.25, 0.3) is 5.69 Å². The molecule has 2 aromatic rings. The monoisotopic (exact) mass is 357 g/mol. The molecule has 0 radical (unpaired) electrons. The summed E-state index contributed by atoms with van der Waals surface area (Å²) in [6, 6.07) is 5.04. The molecule has 0 atom stereocenters. The zero-order chi connectivity index (χ0) is 18.8. The highest BCUT2D eigenvalue weighted by Gasteiger charge is 2.33. The van der Waals surface area contributed by atoms with Gasteiger partial charge in [0.15, 0.2) is 0 Å². The molecule has 2 aromatic carbocycles. The van der Waals surface area contributed by atoms with Crippen molar-refractivity contribution in [2.75, 3.05) is 5.43 Å². The normalized spacial score (nSPS) is 12.1. The number of phenols is 1. The van der Waals surface area contributed by atoms with Crippen LogP contribution in [0.25, 0.3) is 0 Å². The molecule has 2 N–H and O–H groups in total. The first-order chi connectivity index (χ1) is 11.6. The maximum Gasteiger partial charge on any atom is 0.416 e. The Morgan fingerprint density at radius 1 is 1.24 bits per heavy atom. The molecule has 0 bridgehead atoms. The summed E-state index contributed by atoms with van der Waals surface area (Å²) in [6.07, 6.45) is -4.73. The fourth-order valence-corrected chi connectivity index (χ4v) is 1.96. The van der Waals surface area contributed by atoms with Crippen molar-refractivity contribution in [2.45, 2.75) is 13.1 Å². The molecule has 0 aliphatic carbocycles. The molecular formula is C15H11F4N3O3. The molecule has 0 saturated heterocycles. The fourth-order valence-electron chi connectivity index (χ4n) is 1.96. The Morgan fingerprint density at radius 2 is 1.92 bits per heavy atom. The highest BCUT2D eigenvalue weighted by Crippen LogP contribution is 2.35. The largest absolute Gasteiger partial charge is 0.507 e. The number of aromatic hydroxyl groups is 1. The van der Waals surface area contributed by atoms with Gasteiger partial charge in [-0.25, -0.2) is 4.39 Å². The van der Waals surface area contributed by atoms with Gasteiger partial charge in [-0.2, -0.15) is 18.3 Å². The minimum Gasteiger partial charge on any atom is -0.507 e. The first-order valence-corrected chi connectivity index (χ1v) is 6.74. The van der Waals surface area contributed by atoms with E-state index in [2.05, 4.69) is 10.5 Å². The number of hydrogen-bond donors (Lipinski definition) is 2. The molecule has 0 fully saturated rings. The van der Waals surface area contributed by atoms with E-state index >= 15 is 0 Å². The Kier molecular flexibility index (Phi) is 4.91. The predicted molar refractivity (Wildman–Crippen MR) is 82.0 cm³/mol. The van der Waals surface area contributed by atoms with E-state index in [0.717, 1.165) is 24.3 Å². The summed E-state index contributed by atoms with van der Waals surface area (Å²) >= 11 is 0. The molecule has 0 unspecified atom stereocenters. The average molecular weight is 357 g/mol. The second-order valence-corrected chi connectivity index (χ2v) is 4.96. The van der Waals surface area contributed by atoms with Crippen LogP contribution in [-0.4, -0.2) is 15.7 Å². The Labute approximate surface area is 138 Å². The number of nitro groups is 1. The molecule has 0 aliphatic heterocycles. The second-order valence-electron chi connectivity index (χ2n) is 4.96. The summed E-state index contributed by atoms with van der Waals surface area (Å²) in [5, 5.41) is 24.4. The number of nitrogens with one attached hydrogen (secondary N) is 1. The minimum absolute atomic E-state index is 0.0297. The van der Waals surface area contributed by atoms with E-state index in [9.17, 15) is 32.8 Å². The van der Waals surface area contributed by atoms with Crippen molar-refractivity contribution in [1.29, 1.82) is 0 Å². The van der Waals surface area contributed by atoms with E-state index in [-0.39, 0.29) is 22.7 Å². The highest BCUT2D eigenvalue weighted by molar-refractivity contribution is 6.01. The van der Waals surface area contributed by atoms with Crippen LogP contribution in [0.4, 0.5) is 28.9 Å². The summed E-state index contributed by atoms with van der Waals surface area (Å²) in [5.41, 5.74) is 0.0873. The second kappa shape index (κ2) is 6.75. The first kappa shape index (κ1) is 18.2. The van der Waals surface area contributed by atoms with Crippen LogP contribution in [0.5, 0.6) is 5.75 Å². The molecule has 0 aliphatic rings. The van der Waals surface area contributed by atoms with Crippen molar-refractivity contribution in [2.24, 2.45) is 5.10 Å². The highest BCUT2D eigenvalue weighted by atomic mass is 19.4. The standard InChI is InChI=1S/C15H11F4N3O3/c1-8(11-7-10(16)3-5-14(11)23)20-21-12-4-2-9(15(17,18)19)6-13(12)22(24)25/h2-7,21,23H,1H3/b20-8+. The van der Waals surface area contributed by atoms with Crippen molar-refractivity contribution < 1.29 is 27.6 Å². The fraction of sp³-hybridized carbons (Fsp3) is 0.133. The van der Waals surface area contributed by atoms with Crippen LogP contribution < -0.4 is 5.43 Å². The number of anilines is 1. The van der Waals surface area contributed by atoms with Gasteiger partial charge in [0.2, 0.25) is 0 Å². The van der Waals surface area contributed by atoms with E-state index in [4.69, 9.17) is 0 Å². The minimum atomic E-state index is -4.73. The van der Waals surface area contributed by atoms with E-state index < -0.39 is 28.2 Å². The van der Waals surface area contributed by atoms with Gasteiger partial charge in [-0.15, -0.1) is 0 Å². The van der Waals surface area contributed by atoms with Crippen molar-refractivity contribution in [3.63, 3.8) is 0 Å². The van der Waals surface area contributed by atoms with E-state index in [1.54, 1.807) is 0 Å². The molecule has 0 aromatic heterocycles. The lowest BCUT2D eigenvalue weighted by atomic mass is 10.1. The molecule has 6 nitrogen and oxygen atoms in total. The third-order valence-corrected chi connectivity index (χ3v) is 3.21. The maximum absolute atomic E-state index is 13.2. The molecular weight excluding hydrogens is 346 g/mol. The molecule has 0 amide bonds. The van der Waals surface area contributed by atoms with Crippen LogP contribution in [0.1, 0.15) is 18.1 Å². The number of alkyl halides is 3. The molecule has 132 valence electrons. The molecule has 10 heteroatoms. The lowest BCUT2D eigenvalue weighted by Gasteiger charge is -2.09. The Hall–Kier alpha value is -3.17. The van der Waals surface area contributed by atoms with Gasteiger partial charge < -0.3 is 5.11 Å². The van der Waals surface area contributed by atoms with Crippen molar-refractivity contribution >= 4 is 17.1 Å². The number of phenolic OH excluding ortho intramolecular Hbond substituents is 1. The van der Waals surface area contributed by atoms with E-state index in [1.165, 1.54) is 6.92 Å². The third-order valence-electron chi connectivity index (χ3n) is 3.21. The molecule has 0 spiro atoms. The van der Waals surface area contributed by atoms with Gasteiger partial charge >= 0.3 is 6.18 Å². The van der Waals surface area contributed by atoms with Gasteiger partial charge in [0, 0.05) is 11.6 Å². The van der Waals surface area contributed by atoms with E-state index in [1.807, 2.05) is 0 Å². The number of rotatable bonds is 4. The number of nitro benzene ring substituents is 1. The summed E-state index contributed by atoms with van der Waals surface area (Å²) in [5.74, 6) is -0.908. The number of hydrogen-bond acceptors (Lipinski definition) is 5. The third kappa shape index (κ3) is 4.22. The van der Waals surface area contributed by atoms with Crippen LogP contribution in [-0.2, 0) is 6.18 Å². The Bertz CT molecular complexity index is 850. The average Bonchev–Trinajstić information content (AvgIpc) is 2.53. The summed E-state index contributed by atoms with van der Waals surface area (Å²) in [6.45, 7) is 1.39. The summed E-state index contributed by atoms with van der Waals surface area (Å²) in [4.78, 5) is 9.99. The summed E-state index contributed by atoms with van der Waals surface area (Å²) < 4.78 is 51.2. The lowest BCUT2D eigenvalue weighted by Crippen LogP contribution is -2.07. The number of nitrogens with zero attached hydrogens (tertiary/aromatic N) is 2. The van der Waals surface area contributed by atoms with Crippen molar-refractivity contribution in [3.05, 3.63) is 63.5 Å². The van der Waals surface area contributed by atoms with Crippen LogP contribution >= 0.6 is 0 Å². The predicted octanol–water partition coefficient (Wildman–Crippen LogP) is 4.29. The van der Waals surface area contributed by atoms with Crippen molar-refractivity contribution in [3.8, 4) is 5.75 Å². The van der Waals surface area contributed by atoms with Gasteiger partial charge in [0.05, 0.1) is 16.2 Å². The molecule has 0 saturated carbocycles. The quantitative estimate of drug-likeness (QED) is 0.370. The molecule has 0 heterocycles. The summed E-state index contributed by atoms with van der Waals surface area (Å²) in [7, 11) is 0. The Morgan fingerprint density at radius 3 is 2.52 bits per heavy atom. The van der Waals surface area contributed by atoms with Crippen molar-refractivity contribution in [1.82, 2.24) is 0 Å². The Balaban J connectivity index is 2.36. The molecule has 2 rings (SSSR count). The van der Waals surface area contributed by atoms with Gasteiger partial charge in [0.1, 0.15) is 17.3 Å². The lowest BCUT2D eigenvalue weighted by molar-refractivity contribution is -0.384. The van der Waals surface area contributed by atoms with Gasteiger partial charge in [-0.05, 0) is 37.3 Å². The molecule has 25 heavy (non-hydrogen) atoms. The van der Waals surface area contributed by atoms with Gasteiger partial charge in [-0.3, -0.25) is 15.5 Å².